The first kappa shape index (κ1) is 13.1. The van der Waals surface area contributed by atoms with Crippen LogP contribution in [-0.4, -0.2) is 33.4 Å². The highest BCUT2D eigenvalue weighted by atomic mass is 16.5. The summed E-state index contributed by atoms with van der Waals surface area (Å²) in [5, 5.41) is 7.79. The van der Waals surface area contributed by atoms with Gasteiger partial charge in [-0.15, -0.1) is 0 Å². The summed E-state index contributed by atoms with van der Waals surface area (Å²) in [6, 6.07) is 0. The highest BCUT2D eigenvalue weighted by Crippen LogP contribution is 2.32. The summed E-state index contributed by atoms with van der Waals surface area (Å²) >= 11 is 0. The SMILES string of the molecule is CCCn1ncc(OC)c1-c1ncnc2c1CNCC2. The second kappa shape index (κ2) is 5.58. The summed E-state index contributed by atoms with van der Waals surface area (Å²) in [6.45, 7) is 4.75. The van der Waals surface area contributed by atoms with Crippen LogP contribution in [0.5, 0.6) is 5.75 Å². The van der Waals surface area contributed by atoms with Gasteiger partial charge in [0.05, 0.1) is 19.0 Å². The number of hydrogen-bond donors (Lipinski definition) is 1. The van der Waals surface area contributed by atoms with Gasteiger partial charge in [0, 0.05) is 31.6 Å². The van der Waals surface area contributed by atoms with Crippen molar-refractivity contribution in [2.75, 3.05) is 13.7 Å². The lowest BCUT2D eigenvalue weighted by Gasteiger charge is -2.19. The molecule has 1 N–H and O–H groups in total. The van der Waals surface area contributed by atoms with Gasteiger partial charge in [-0.3, -0.25) is 4.68 Å². The number of aromatic nitrogens is 4. The smallest absolute Gasteiger partial charge is 0.166 e. The molecule has 6 heteroatoms. The highest BCUT2D eigenvalue weighted by molar-refractivity contribution is 5.67. The molecule has 1 aliphatic heterocycles. The van der Waals surface area contributed by atoms with Crippen LogP contribution in [0.3, 0.4) is 0 Å². The number of nitrogens with one attached hydrogen (secondary N) is 1. The summed E-state index contributed by atoms with van der Waals surface area (Å²) < 4.78 is 7.42. The summed E-state index contributed by atoms with van der Waals surface area (Å²) in [4.78, 5) is 8.89. The van der Waals surface area contributed by atoms with Crippen molar-refractivity contribution in [3.63, 3.8) is 0 Å². The molecular formula is C14H19N5O. The van der Waals surface area contributed by atoms with Crippen molar-refractivity contribution in [3.05, 3.63) is 23.8 Å². The van der Waals surface area contributed by atoms with E-state index in [1.54, 1.807) is 19.6 Å². The van der Waals surface area contributed by atoms with Gasteiger partial charge >= 0.3 is 0 Å². The van der Waals surface area contributed by atoms with E-state index in [4.69, 9.17) is 4.74 Å². The Hall–Kier alpha value is -1.95. The van der Waals surface area contributed by atoms with Gasteiger partial charge in [0.15, 0.2) is 5.75 Å². The van der Waals surface area contributed by atoms with Gasteiger partial charge in [0.1, 0.15) is 17.7 Å². The Labute approximate surface area is 118 Å². The number of hydrogen-bond acceptors (Lipinski definition) is 5. The molecule has 3 rings (SSSR count). The molecule has 0 fully saturated rings. The van der Waals surface area contributed by atoms with Gasteiger partial charge in [-0.2, -0.15) is 5.10 Å². The summed E-state index contributed by atoms with van der Waals surface area (Å²) in [5.74, 6) is 0.768. The van der Waals surface area contributed by atoms with Crippen molar-refractivity contribution in [2.24, 2.45) is 0 Å². The molecule has 0 saturated heterocycles. The van der Waals surface area contributed by atoms with Gasteiger partial charge < -0.3 is 10.1 Å². The van der Waals surface area contributed by atoms with Gasteiger partial charge in [0.2, 0.25) is 0 Å². The fourth-order valence-electron chi connectivity index (χ4n) is 2.61. The Bertz CT molecular complexity index is 608. The Balaban J connectivity index is 2.15. The Morgan fingerprint density at radius 1 is 1.40 bits per heavy atom. The third-order valence-corrected chi connectivity index (χ3v) is 3.56. The van der Waals surface area contributed by atoms with Crippen molar-refractivity contribution in [2.45, 2.75) is 32.9 Å². The van der Waals surface area contributed by atoms with Crippen molar-refractivity contribution in [1.29, 1.82) is 0 Å². The molecule has 2 aromatic rings. The number of ether oxygens (including phenoxy) is 1. The lowest BCUT2D eigenvalue weighted by Crippen LogP contribution is -2.26. The third-order valence-electron chi connectivity index (χ3n) is 3.56. The van der Waals surface area contributed by atoms with E-state index in [9.17, 15) is 0 Å². The predicted octanol–water partition coefficient (Wildman–Crippen LogP) is 1.40. The molecule has 0 atom stereocenters. The van der Waals surface area contributed by atoms with E-state index in [2.05, 4.69) is 27.3 Å². The average molecular weight is 273 g/mol. The van der Waals surface area contributed by atoms with Crippen LogP contribution in [0.2, 0.25) is 0 Å². The van der Waals surface area contributed by atoms with Crippen LogP contribution in [0.15, 0.2) is 12.5 Å². The first-order chi connectivity index (χ1) is 9.85. The molecule has 1 aliphatic rings. The first-order valence-electron chi connectivity index (χ1n) is 6.98. The van der Waals surface area contributed by atoms with Crippen LogP contribution in [-0.2, 0) is 19.5 Å². The fraction of sp³-hybridized carbons (Fsp3) is 0.500. The van der Waals surface area contributed by atoms with E-state index in [0.717, 1.165) is 60.9 Å². The van der Waals surface area contributed by atoms with Crippen LogP contribution in [0.1, 0.15) is 24.6 Å². The van der Waals surface area contributed by atoms with Crippen molar-refractivity contribution < 1.29 is 4.74 Å². The van der Waals surface area contributed by atoms with Gasteiger partial charge in [-0.25, -0.2) is 9.97 Å². The zero-order valence-corrected chi connectivity index (χ0v) is 11.9. The summed E-state index contributed by atoms with van der Waals surface area (Å²) in [6.07, 6.45) is 5.36. The van der Waals surface area contributed by atoms with E-state index < -0.39 is 0 Å². The van der Waals surface area contributed by atoms with Crippen molar-refractivity contribution in [3.8, 4) is 17.1 Å². The monoisotopic (exact) mass is 273 g/mol. The van der Waals surface area contributed by atoms with Crippen molar-refractivity contribution in [1.82, 2.24) is 25.1 Å². The van der Waals surface area contributed by atoms with Gasteiger partial charge in [0.25, 0.3) is 0 Å². The molecule has 20 heavy (non-hydrogen) atoms. The predicted molar refractivity (Wildman–Crippen MR) is 75.5 cm³/mol. The first-order valence-corrected chi connectivity index (χ1v) is 6.98. The van der Waals surface area contributed by atoms with E-state index in [0.29, 0.717) is 0 Å². The van der Waals surface area contributed by atoms with Crippen LogP contribution in [0.25, 0.3) is 11.4 Å². The topological polar surface area (TPSA) is 64.9 Å². The van der Waals surface area contributed by atoms with Crippen molar-refractivity contribution >= 4 is 0 Å². The molecule has 6 nitrogen and oxygen atoms in total. The Morgan fingerprint density at radius 2 is 2.30 bits per heavy atom. The van der Waals surface area contributed by atoms with Crippen LogP contribution in [0, 0.1) is 0 Å². The van der Waals surface area contributed by atoms with Gasteiger partial charge in [-0.1, -0.05) is 6.92 Å². The molecule has 0 bridgehead atoms. The van der Waals surface area contributed by atoms with Crippen LogP contribution in [0.4, 0.5) is 0 Å². The Morgan fingerprint density at radius 3 is 3.10 bits per heavy atom. The van der Waals surface area contributed by atoms with Crippen LogP contribution < -0.4 is 10.1 Å². The minimum atomic E-state index is 0.768. The lowest BCUT2D eigenvalue weighted by molar-refractivity contribution is 0.415. The minimum Gasteiger partial charge on any atom is -0.493 e. The molecule has 0 saturated carbocycles. The zero-order chi connectivity index (χ0) is 13.9. The van der Waals surface area contributed by atoms with Crippen LogP contribution >= 0.6 is 0 Å². The second-order valence-corrected chi connectivity index (χ2v) is 4.86. The zero-order valence-electron chi connectivity index (χ0n) is 11.9. The summed E-state index contributed by atoms with van der Waals surface area (Å²) in [5.41, 5.74) is 4.18. The molecular weight excluding hydrogens is 254 g/mol. The standard InChI is InChI=1S/C14H19N5O/c1-3-6-19-14(12(20-2)8-18-19)13-10-7-15-5-4-11(10)16-9-17-13/h8-9,15H,3-7H2,1-2H3. The number of aryl methyl sites for hydroxylation is 1. The molecule has 0 spiro atoms. The molecule has 0 unspecified atom stereocenters. The molecule has 106 valence electrons. The fourth-order valence-corrected chi connectivity index (χ4v) is 2.61. The maximum Gasteiger partial charge on any atom is 0.166 e. The number of fused-ring (bicyclic) bond motifs is 1. The summed E-state index contributed by atoms with van der Waals surface area (Å²) in [7, 11) is 1.67. The maximum absolute atomic E-state index is 5.45. The van der Waals surface area contributed by atoms with Gasteiger partial charge in [-0.05, 0) is 6.42 Å². The minimum absolute atomic E-state index is 0.768. The number of rotatable bonds is 4. The average Bonchev–Trinajstić information content (AvgIpc) is 2.90. The van der Waals surface area contributed by atoms with E-state index in [1.165, 1.54) is 0 Å². The quantitative estimate of drug-likeness (QED) is 0.912. The molecule has 0 aromatic carbocycles. The Kier molecular flexibility index (Phi) is 3.64. The lowest BCUT2D eigenvalue weighted by atomic mass is 10.0. The third kappa shape index (κ3) is 2.16. The molecule has 0 aliphatic carbocycles. The molecule has 0 radical (unpaired) electrons. The molecule has 2 aromatic heterocycles. The molecule has 3 heterocycles. The number of nitrogens with zero attached hydrogens (tertiary/aromatic N) is 4. The second-order valence-electron chi connectivity index (χ2n) is 4.86. The molecule has 0 amide bonds. The highest BCUT2D eigenvalue weighted by Gasteiger charge is 2.22. The normalized spacial score (nSPS) is 14.1. The largest absolute Gasteiger partial charge is 0.493 e. The maximum atomic E-state index is 5.45. The van der Waals surface area contributed by atoms with E-state index in [-0.39, 0.29) is 0 Å². The van der Waals surface area contributed by atoms with E-state index >= 15 is 0 Å². The van der Waals surface area contributed by atoms with E-state index in [1.807, 2.05) is 4.68 Å². The number of methoxy groups -OCH3 is 1.